The van der Waals surface area contributed by atoms with E-state index in [0.717, 1.165) is 11.5 Å². The van der Waals surface area contributed by atoms with Crippen LogP contribution in [0, 0.1) is 0 Å². The van der Waals surface area contributed by atoms with Gasteiger partial charge in [-0.3, -0.25) is 4.40 Å². The molecule has 1 aliphatic rings. The Morgan fingerprint density at radius 2 is 2.57 bits per heavy atom. The van der Waals surface area contributed by atoms with Crippen molar-refractivity contribution < 1.29 is 0 Å². The SMILES string of the molecule is NCC1CCCc2sc3nccn3c21. The fourth-order valence-corrected chi connectivity index (χ4v) is 3.53. The number of hydrogen-bond donors (Lipinski definition) is 1. The molecule has 1 atom stereocenters. The van der Waals surface area contributed by atoms with Gasteiger partial charge in [0.25, 0.3) is 0 Å². The molecule has 0 saturated carbocycles. The van der Waals surface area contributed by atoms with Gasteiger partial charge in [-0.2, -0.15) is 0 Å². The normalized spacial score (nSPS) is 21.4. The molecule has 2 aromatic rings. The highest BCUT2D eigenvalue weighted by Gasteiger charge is 2.24. The molecule has 2 heterocycles. The standard InChI is InChI=1S/C10H13N3S/c11-6-7-2-1-3-8-9(7)13-5-4-12-10(13)14-8/h4-5,7H,1-3,6,11H2. The van der Waals surface area contributed by atoms with Crippen molar-refractivity contribution in [1.29, 1.82) is 0 Å². The van der Waals surface area contributed by atoms with Crippen LogP contribution >= 0.6 is 11.3 Å². The van der Waals surface area contributed by atoms with Crippen LogP contribution in [0.2, 0.25) is 0 Å². The maximum atomic E-state index is 5.81. The molecule has 74 valence electrons. The van der Waals surface area contributed by atoms with Crippen molar-refractivity contribution in [2.45, 2.75) is 25.2 Å². The van der Waals surface area contributed by atoms with E-state index in [4.69, 9.17) is 5.73 Å². The molecule has 0 radical (unpaired) electrons. The molecule has 1 unspecified atom stereocenters. The highest BCUT2D eigenvalue weighted by atomic mass is 32.1. The quantitative estimate of drug-likeness (QED) is 0.774. The Bertz CT molecular complexity index is 457. The average molecular weight is 207 g/mol. The van der Waals surface area contributed by atoms with Crippen LogP contribution in [0.3, 0.4) is 0 Å². The first kappa shape index (κ1) is 8.44. The summed E-state index contributed by atoms with van der Waals surface area (Å²) in [5.41, 5.74) is 7.24. The van der Waals surface area contributed by atoms with Gasteiger partial charge in [0.1, 0.15) is 0 Å². The summed E-state index contributed by atoms with van der Waals surface area (Å²) in [7, 11) is 0. The number of nitrogens with two attached hydrogens (primary N) is 1. The minimum absolute atomic E-state index is 0.543. The summed E-state index contributed by atoms with van der Waals surface area (Å²) in [4.78, 5) is 6.95. The lowest BCUT2D eigenvalue weighted by Crippen LogP contribution is -2.18. The third-order valence-electron chi connectivity index (χ3n) is 2.99. The van der Waals surface area contributed by atoms with E-state index in [1.54, 1.807) is 0 Å². The Morgan fingerprint density at radius 1 is 1.64 bits per heavy atom. The summed E-state index contributed by atoms with van der Waals surface area (Å²) >= 11 is 1.82. The van der Waals surface area contributed by atoms with E-state index in [0.29, 0.717) is 5.92 Å². The second-order valence-electron chi connectivity index (χ2n) is 3.82. The molecule has 14 heavy (non-hydrogen) atoms. The number of rotatable bonds is 1. The van der Waals surface area contributed by atoms with Gasteiger partial charge in [-0.1, -0.05) is 0 Å². The molecule has 2 aromatic heterocycles. The molecule has 0 fully saturated rings. The zero-order valence-corrected chi connectivity index (χ0v) is 8.76. The van der Waals surface area contributed by atoms with Gasteiger partial charge >= 0.3 is 0 Å². The first-order chi connectivity index (χ1) is 6.90. The van der Waals surface area contributed by atoms with Gasteiger partial charge in [0.2, 0.25) is 0 Å². The Hall–Kier alpha value is -0.870. The molecule has 3 rings (SSSR count). The maximum absolute atomic E-state index is 5.81. The minimum atomic E-state index is 0.543. The van der Waals surface area contributed by atoms with Crippen molar-refractivity contribution in [3.05, 3.63) is 23.0 Å². The fraction of sp³-hybridized carbons (Fsp3) is 0.500. The third-order valence-corrected chi connectivity index (χ3v) is 4.14. The average Bonchev–Trinajstić information content (AvgIpc) is 2.75. The monoisotopic (exact) mass is 207 g/mol. The number of imidazole rings is 1. The molecule has 0 amide bonds. The lowest BCUT2D eigenvalue weighted by atomic mass is 9.91. The van der Waals surface area contributed by atoms with Crippen LogP contribution in [0.5, 0.6) is 0 Å². The van der Waals surface area contributed by atoms with Gasteiger partial charge in [-0.15, -0.1) is 11.3 Å². The van der Waals surface area contributed by atoms with Gasteiger partial charge in [-0.25, -0.2) is 4.98 Å². The molecular weight excluding hydrogens is 194 g/mol. The fourth-order valence-electron chi connectivity index (χ4n) is 2.32. The molecule has 0 aromatic carbocycles. The van der Waals surface area contributed by atoms with Gasteiger partial charge in [-0.05, 0) is 19.3 Å². The number of fused-ring (bicyclic) bond motifs is 3. The van der Waals surface area contributed by atoms with E-state index in [9.17, 15) is 0 Å². The summed E-state index contributed by atoms with van der Waals surface area (Å²) in [6.45, 7) is 0.761. The van der Waals surface area contributed by atoms with Crippen molar-refractivity contribution in [2.75, 3.05) is 6.54 Å². The molecule has 2 N–H and O–H groups in total. The van der Waals surface area contributed by atoms with E-state index < -0.39 is 0 Å². The van der Waals surface area contributed by atoms with Gasteiger partial charge in [0.05, 0.1) is 0 Å². The van der Waals surface area contributed by atoms with Crippen molar-refractivity contribution in [3.63, 3.8) is 0 Å². The summed E-state index contributed by atoms with van der Waals surface area (Å²) in [6, 6.07) is 0. The van der Waals surface area contributed by atoms with Crippen LogP contribution in [-0.4, -0.2) is 15.9 Å². The molecular formula is C10H13N3S. The summed E-state index contributed by atoms with van der Waals surface area (Å²) in [5, 5.41) is 0. The summed E-state index contributed by atoms with van der Waals surface area (Å²) < 4.78 is 2.22. The molecule has 3 nitrogen and oxygen atoms in total. The van der Waals surface area contributed by atoms with Crippen molar-refractivity contribution in [1.82, 2.24) is 9.38 Å². The van der Waals surface area contributed by atoms with E-state index in [1.165, 1.54) is 29.8 Å². The predicted octanol–water partition coefficient (Wildman–Crippen LogP) is 1.77. The number of aryl methyl sites for hydroxylation is 1. The van der Waals surface area contributed by atoms with Crippen LogP contribution in [-0.2, 0) is 6.42 Å². The van der Waals surface area contributed by atoms with Gasteiger partial charge in [0.15, 0.2) is 4.96 Å². The number of aromatic nitrogens is 2. The predicted molar refractivity (Wildman–Crippen MR) is 57.8 cm³/mol. The number of hydrogen-bond acceptors (Lipinski definition) is 3. The molecule has 4 heteroatoms. The lowest BCUT2D eigenvalue weighted by molar-refractivity contribution is 0.548. The van der Waals surface area contributed by atoms with Crippen LogP contribution in [0.15, 0.2) is 12.4 Å². The lowest BCUT2D eigenvalue weighted by Gasteiger charge is -2.20. The second-order valence-corrected chi connectivity index (χ2v) is 4.88. The van der Waals surface area contributed by atoms with Gasteiger partial charge < -0.3 is 5.73 Å². The Morgan fingerprint density at radius 3 is 3.43 bits per heavy atom. The van der Waals surface area contributed by atoms with Gasteiger partial charge in [0, 0.05) is 35.4 Å². The van der Waals surface area contributed by atoms with E-state index in [2.05, 4.69) is 15.6 Å². The molecule has 0 spiro atoms. The third kappa shape index (κ3) is 1.04. The largest absolute Gasteiger partial charge is 0.330 e. The first-order valence-corrected chi connectivity index (χ1v) is 5.86. The Labute approximate surface area is 86.6 Å². The highest BCUT2D eigenvalue weighted by Crippen LogP contribution is 2.36. The Kier molecular flexibility index (Phi) is 1.85. The topological polar surface area (TPSA) is 43.3 Å². The zero-order chi connectivity index (χ0) is 9.54. The van der Waals surface area contributed by atoms with E-state index in [1.807, 2.05) is 17.5 Å². The van der Waals surface area contributed by atoms with Crippen molar-refractivity contribution >= 4 is 16.3 Å². The number of thiazole rings is 1. The molecule has 1 aliphatic carbocycles. The van der Waals surface area contributed by atoms with Crippen molar-refractivity contribution in [2.24, 2.45) is 5.73 Å². The van der Waals surface area contributed by atoms with E-state index >= 15 is 0 Å². The Balaban J connectivity index is 2.24. The maximum Gasteiger partial charge on any atom is 0.194 e. The summed E-state index contributed by atoms with van der Waals surface area (Å²) in [6.07, 6.45) is 7.64. The van der Waals surface area contributed by atoms with Crippen LogP contribution in [0.25, 0.3) is 4.96 Å². The molecule has 0 aliphatic heterocycles. The van der Waals surface area contributed by atoms with Crippen molar-refractivity contribution in [3.8, 4) is 0 Å². The van der Waals surface area contributed by atoms with E-state index in [-0.39, 0.29) is 0 Å². The zero-order valence-electron chi connectivity index (χ0n) is 7.94. The van der Waals surface area contributed by atoms with Crippen LogP contribution in [0.4, 0.5) is 0 Å². The summed E-state index contributed by atoms with van der Waals surface area (Å²) in [5.74, 6) is 0.543. The smallest absolute Gasteiger partial charge is 0.194 e. The minimum Gasteiger partial charge on any atom is -0.330 e. The number of nitrogens with zero attached hydrogens (tertiary/aromatic N) is 2. The molecule has 0 bridgehead atoms. The highest BCUT2D eigenvalue weighted by molar-refractivity contribution is 7.17. The molecule has 0 saturated heterocycles. The first-order valence-electron chi connectivity index (χ1n) is 5.05. The van der Waals surface area contributed by atoms with Crippen LogP contribution in [0.1, 0.15) is 29.3 Å². The second kappa shape index (κ2) is 3.07. The van der Waals surface area contributed by atoms with Crippen LogP contribution < -0.4 is 5.73 Å².